The molecule has 0 saturated carbocycles. The maximum atomic E-state index is 11.7. The molecule has 5 heteroatoms. The molecule has 2 aromatic carbocycles. The highest BCUT2D eigenvalue weighted by Crippen LogP contribution is 2.16. The number of benzene rings is 2. The lowest BCUT2D eigenvalue weighted by Gasteiger charge is -2.08. The van der Waals surface area contributed by atoms with E-state index in [1.807, 2.05) is 61.5 Å². The van der Waals surface area contributed by atoms with E-state index in [0.29, 0.717) is 13.2 Å². The van der Waals surface area contributed by atoms with Crippen molar-refractivity contribution < 1.29 is 14.3 Å². The van der Waals surface area contributed by atoms with E-state index < -0.39 is 0 Å². The van der Waals surface area contributed by atoms with Crippen molar-refractivity contribution in [2.45, 2.75) is 6.92 Å². The molecule has 0 aliphatic carbocycles. The highest BCUT2D eigenvalue weighted by Gasteiger charge is 1.98. The Morgan fingerprint density at radius 2 is 1.79 bits per heavy atom. The van der Waals surface area contributed by atoms with E-state index in [1.54, 1.807) is 13.3 Å². The van der Waals surface area contributed by atoms with Crippen LogP contribution in [0.25, 0.3) is 6.08 Å². The van der Waals surface area contributed by atoms with Crippen molar-refractivity contribution in [1.29, 1.82) is 0 Å². The normalized spacial score (nSPS) is 10.4. The van der Waals surface area contributed by atoms with Crippen LogP contribution in [0.5, 0.6) is 11.5 Å². The Hall–Kier alpha value is -2.95. The fraction of sp³-hybridized carbons (Fsp3) is 0.211. The largest absolute Gasteiger partial charge is 0.497 e. The lowest BCUT2D eigenvalue weighted by molar-refractivity contribution is 0.239. The van der Waals surface area contributed by atoms with Crippen LogP contribution in [0.15, 0.2) is 54.7 Å². The lowest BCUT2D eigenvalue weighted by atomic mass is 10.1. The van der Waals surface area contributed by atoms with Crippen molar-refractivity contribution >= 4 is 12.1 Å². The molecule has 0 bridgehead atoms. The first-order chi connectivity index (χ1) is 11.7. The van der Waals surface area contributed by atoms with Gasteiger partial charge < -0.3 is 20.1 Å². The highest BCUT2D eigenvalue weighted by atomic mass is 16.5. The lowest BCUT2D eigenvalue weighted by Crippen LogP contribution is -2.34. The van der Waals surface area contributed by atoms with Gasteiger partial charge in [-0.1, -0.05) is 24.3 Å². The van der Waals surface area contributed by atoms with E-state index in [1.165, 1.54) is 0 Å². The van der Waals surface area contributed by atoms with Gasteiger partial charge in [-0.3, -0.25) is 0 Å². The van der Waals surface area contributed by atoms with Gasteiger partial charge in [0.05, 0.1) is 13.7 Å². The number of ether oxygens (including phenoxy) is 2. The minimum absolute atomic E-state index is 0.266. The number of urea groups is 1. The molecule has 0 spiro atoms. The summed E-state index contributed by atoms with van der Waals surface area (Å²) in [5, 5.41) is 5.39. The average molecular weight is 326 g/mol. The highest BCUT2D eigenvalue weighted by molar-refractivity contribution is 5.75. The van der Waals surface area contributed by atoms with Crippen LogP contribution >= 0.6 is 0 Å². The molecule has 5 nitrogen and oxygen atoms in total. The van der Waals surface area contributed by atoms with Crippen LogP contribution in [0.4, 0.5) is 4.79 Å². The Balaban J connectivity index is 1.65. The van der Waals surface area contributed by atoms with E-state index in [9.17, 15) is 4.79 Å². The van der Waals surface area contributed by atoms with Crippen molar-refractivity contribution in [1.82, 2.24) is 10.6 Å². The Bertz CT molecular complexity index is 681. The third kappa shape index (κ3) is 5.68. The van der Waals surface area contributed by atoms with Crippen LogP contribution < -0.4 is 20.1 Å². The van der Waals surface area contributed by atoms with Gasteiger partial charge in [-0.15, -0.1) is 0 Å². The summed E-state index contributed by atoms with van der Waals surface area (Å²) in [5.41, 5.74) is 2.23. The molecule has 0 aliphatic heterocycles. The molecule has 0 radical (unpaired) electrons. The number of amides is 2. The number of carbonyl (C=O) groups is 1. The van der Waals surface area contributed by atoms with E-state index >= 15 is 0 Å². The third-order valence-electron chi connectivity index (χ3n) is 3.38. The quantitative estimate of drug-likeness (QED) is 0.767. The van der Waals surface area contributed by atoms with Crippen LogP contribution in [-0.2, 0) is 0 Å². The first-order valence-corrected chi connectivity index (χ1v) is 7.72. The molecule has 2 aromatic rings. The van der Waals surface area contributed by atoms with Gasteiger partial charge in [0.15, 0.2) is 0 Å². The summed E-state index contributed by atoms with van der Waals surface area (Å²) in [6.45, 7) is 2.83. The second kappa shape index (κ2) is 9.25. The Kier molecular flexibility index (Phi) is 6.71. The molecule has 0 saturated heterocycles. The van der Waals surface area contributed by atoms with Gasteiger partial charge in [0.25, 0.3) is 0 Å². The Morgan fingerprint density at radius 3 is 2.50 bits per heavy atom. The van der Waals surface area contributed by atoms with Crippen LogP contribution in [0.2, 0.25) is 0 Å². The summed E-state index contributed by atoms with van der Waals surface area (Å²) < 4.78 is 10.6. The zero-order valence-corrected chi connectivity index (χ0v) is 13.9. The monoisotopic (exact) mass is 326 g/mol. The number of methoxy groups -OCH3 is 1. The SMILES string of the molecule is COc1ccc(OCCNC(=O)N/C=C/c2ccccc2C)cc1. The maximum Gasteiger partial charge on any atom is 0.318 e. The van der Waals surface area contributed by atoms with Crippen LogP contribution in [0.3, 0.4) is 0 Å². The van der Waals surface area contributed by atoms with Crippen molar-refractivity contribution in [3.63, 3.8) is 0 Å². The third-order valence-corrected chi connectivity index (χ3v) is 3.38. The van der Waals surface area contributed by atoms with Crippen molar-refractivity contribution in [2.75, 3.05) is 20.3 Å². The number of hydrogen-bond acceptors (Lipinski definition) is 3. The van der Waals surface area contributed by atoms with Gasteiger partial charge >= 0.3 is 6.03 Å². The summed E-state index contributed by atoms with van der Waals surface area (Å²) in [6, 6.07) is 15.0. The zero-order valence-electron chi connectivity index (χ0n) is 13.9. The van der Waals surface area contributed by atoms with Gasteiger partial charge in [0.1, 0.15) is 18.1 Å². The van der Waals surface area contributed by atoms with Crippen molar-refractivity contribution in [3.8, 4) is 11.5 Å². The van der Waals surface area contributed by atoms with Gasteiger partial charge in [0.2, 0.25) is 0 Å². The van der Waals surface area contributed by atoms with E-state index in [2.05, 4.69) is 10.6 Å². The van der Waals surface area contributed by atoms with Crippen LogP contribution in [-0.4, -0.2) is 26.3 Å². The summed E-state index contributed by atoms with van der Waals surface area (Å²) in [5.74, 6) is 1.51. The summed E-state index contributed by atoms with van der Waals surface area (Å²) in [6.07, 6.45) is 3.49. The second-order valence-electron chi connectivity index (χ2n) is 5.11. The molecule has 0 atom stereocenters. The fourth-order valence-corrected chi connectivity index (χ4v) is 2.04. The molecular weight excluding hydrogens is 304 g/mol. The minimum Gasteiger partial charge on any atom is -0.497 e. The van der Waals surface area contributed by atoms with Crippen molar-refractivity contribution in [3.05, 3.63) is 65.9 Å². The molecular formula is C19H22N2O3. The molecule has 0 fully saturated rings. The van der Waals surface area contributed by atoms with E-state index in [4.69, 9.17) is 9.47 Å². The molecule has 2 amide bonds. The van der Waals surface area contributed by atoms with E-state index in [-0.39, 0.29) is 6.03 Å². The second-order valence-corrected chi connectivity index (χ2v) is 5.11. The predicted molar refractivity (Wildman–Crippen MR) is 95.2 cm³/mol. The standard InChI is InChI=1S/C19H22N2O3/c1-15-5-3-4-6-16(15)11-12-20-19(22)21-13-14-24-18-9-7-17(23-2)8-10-18/h3-12H,13-14H2,1-2H3,(H2,20,21,22)/b12-11+. The molecule has 0 aromatic heterocycles. The van der Waals surface area contributed by atoms with Crippen LogP contribution in [0, 0.1) is 6.92 Å². The molecule has 126 valence electrons. The Labute approximate surface area is 142 Å². The molecule has 0 heterocycles. The van der Waals surface area contributed by atoms with Gasteiger partial charge in [0, 0.05) is 6.20 Å². The molecule has 0 aliphatic rings. The maximum absolute atomic E-state index is 11.7. The molecule has 2 N–H and O–H groups in total. The topological polar surface area (TPSA) is 59.6 Å². The number of carbonyl (C=O) groups excluding carboxylic acids is 1. The number of aryl methyl sites for hydroxylation is 1. The number of nitrogens with one attached hydrogen (secondary N) is 2. The number of rotatable bonds is 7. The average Bonchev–Trinajstić information content (AvgIpc) is 2.61. The molecule has 24 heavy (non-hydrogen) atoms. The van der Waals surface area contributed by atoms with E-state index in [0.717, 1.165) is 22.6 Å². The summed E-state index contributed by atoms with van der Waals surface area (Å²) in [4.78, 5) is 11.7. The number of hydrogen-bond donors (Lipinski definition) is 2. The smallest absolute Gasteiger partial charge is 0.318 e. The predicted octanol–water partition coefficient (Wildman–Crippen LogP) is 3.35. The van der Waals surface area contributed by atoms with Crippen LogP contribution in [0.1, 0.15) is 11.1 Å². The first-order valence-electron chi connectivity index (χ1n) is 7.72. The van der Waals surface area contributed by atoms with Crippen molar-refractivity contribution in [2.24, 2.45) is 0 Å². The summed E-state index contributed by atoms with van der Waals surface area (Å²) in [7, 11) is 1.62. The minimum atomic E-state index is -0.266. The Morgan fingerprint density at radius 1 is 1.08 bits per heavy atom. The van der Waals surface area contributed by atoms with Gasteiger partial charge in [-0.2, -0.15) is 0 Å². The summed E-state index contributed by atoms with van der Waals surface area (Å²) >= 11 is 0. The first kappa shape index (κ1) is 17.4. The van der Waals surface area contributed by atoms with Gasteiger partial charge in [-0.05, 0) is 48.4 Å². The molecule has 2 rings (SSSR count). The fourth-order valence-electron chi connectivity index (χ4n) is 2.04. The molecule has 0 unspecified atom stereocenters. The van der Waals surface area contributed by atoms with Gasteiger partial charge in [-0.25, -0.2) is 4.79 Å². The zero-order chi connectivity index (χ0) is 17.2.